The van der Waals surface area contributed by atoms with Gasteiger partial charge in [-0.25, -0.2) is 0 Å². The van der Waals surface area contributed by atoms with Crippen LogP contribution < -0.4 is 10.6 Å². The van der Waals surface area contributed by atoms with Gasteiger partial charge >= 0.3 is 0 Å². The Balaban J connectivity index is 2.01. The van der Waals surface area contributed by atoms with Crippen LogP contribution >= 0.6 is 11.6 Å². The van der Waals surface area contributed by atoms with E-state index in [1.54, 1.807) is 24.3 Å². The van der Waals surface area contributed by atoms with Crippen LogP contribution in [-0.2, 0) is 0 Å². The van der Waals surface area contributed by atoms with Crippen LogP contribution in [0.1, 0.15) is 29.9 Å². The molecule has 0 saturated heterocycles. The van der Waals surface area contributed by atoms with E-state index in [0.717, 1.165) is 12.1 Å². The first-order chi connectivity index (χ1) is 10.5. The molecular formula is C16H19ClN4O. The van der Waals surface area contributed by atoms with Gasteiger partial charge in [0.15, 0.2) is 5.69 Å². The minimum atomic E-state index is -0.317. The number of amides is 1. The summed E-state index contributed by atoms with van der Waals surface area (Å²) in [6.45, 7) is 6.92. The molecule has 0 aliphatic carbocycles. The van der Waals surface area contributed by atoms with E-state index in [9.17, 15) is 4.79 Å². The summed E-state index contributed by atoms with van der Waals surface area (Å²) in [6.07, 6.45) is 0. The predicted octanol–water partition coefficient (Wildman–Crippen LogP) is 3.76. The highest BCUT2D eigenvalue weighted by Gasteiger charge is 2.09. The fourth-order valence-corrected chi connectivity index (χ4v) is 1.90. The molecule has 1 aromatic heterocycles. The Morgan fingerprint density at radius 1 is 1.23 bits per heavy atom. The Labute approximate surface area is 135 Å². The Morgan fingerprint density at radius 3 is 2.59 bits per heavy atom. The van der Waals surface area contributed by atoms with E-state index in [-0.39, 0.29) is 11.6 Å². The van der Waals surface area contributed by atoms with Crippen molar-refractivity contribution in [3.8, 4) is 0 Å². The van der Waals surface area contributed by atoms with Gasteiger partial charge in [0.25, 0.3) is 5.91 Å². The first kappa shape index (κ1) is 16.2. The fourth-order valence-electron chi connectivity index (χ4n) is 1.72. The zero-order valence-corrected chi connectivity index (χ0v) is 13.6. The van der Waals surface area contributed by atoms with E-state index in [4.69, 9.17) is 11.6 Å². The van der Waals surface area contributed by atoms with Crippen LogP contribution in [0.5, 0.6) is 0 Å². The lowest BCUT2D eigenvalue weighted by Gasteiger charge is -2.08. The average molecular weight is 319 g/mol. The first-order valence-electron chi connectivity index (χ1n) is 7.11. The third-order valence-corrected chi connectivity index (χ3v) is 3.43. The van der Waals surface area contributed by atoms with Crippen molar-refractivity contribution in [2.24, 2.45) is 5.92 Å². The second-order valence-electron chi connectivity index (χ2n) is 5.50. The zero-order chi connectivity index (χ0) is 16.1. The van der Waals surface area contributed by atoms with Crippen molar-refractivity contribution in [2.75, 3.05) is 17.2 Å². The second-order valence-corrected chi connectivity index (χ2v) is 5.90. The van der Waals surface area contributed by atoms with E-state index in [1.165, 1.54) is 0 Å². The van der Waals surface area contributed by atoms with E-state index >= 15 is 0 Å². The van der Waals surface area contributed by atoms with E-state index in [1.807, 2.05) is 13.0 Å². The maximum absolute atomic E-state index is 12.1. The molecule has 22 heavy (non-hydrogen) atoms. The molecule has 0 atom stereocenters. The number of anilines is 2. The minimum absolute atomic E-state index is 0.256. The standard InChI is InChI=1S/C16H19ClN4O/c1-10(2)9-18-15-7-6-14(20-21-15)16(22)19-12-5-4-11(3)13(17)8-12/h4-8,10H,9H2,1-3H3,(H,18,21)(H,19,22). The van der Waals surface area contributed by atoms with Gasteiger partial charge in [0.1, 0.15) is 5.82 Å². The van der Waals surface area contributed by atoms with Crippen LogP contribution in [0.2, 0.25) is 5.02 Å². The Morgan fingerprint density at radius 2 is 2.00 bits per heavy atom. The Kier molecular flexibility index (Phi) is 5.33. The number of benzene rings is 1. The molecule has 1 aromatic carbocycles. The summed E-state index contributed by atoms with van der Waals surface area (Å²) < 4.78 is 0. The fraction of sp³-hybridized carbons (Fsp3) is 0.312. The van der Waals surface area contributed by atoms with Crippen LogP contribution in [0.4, 0.5) is 11.5 Å². The number of hydrogen-bond donors (Lipinski definition) is 2. The molecule has 0 bridgehead atoms. The number of nitrogens with zero attached hydrogens (tertiary/aromatic N) is 2. The summed E-state index contributed by atoms with van der Waals surface area (Å²) in [4.78, 5) is 12.1. The van der Waals surface area contributed by atoms with Gasteiger partial charge in [-0.15, -0.1) is 10.2 Å². The summed E-state index contributed by atoms with van der Waals surface area (Å²) in [7, 11) is 0. The third kappa shape index (κ3) is 4.43. The number of aromatic nitrogens is 2. The Bertz CT molecular complexity index is 656. The molecule has 0 spiro atoms. The van der Waals surface area contributed by atoms with Gasteiger partial charge in [-0.05, 0) is 42.7 Å². The summed E-state index contributed by atoms with van der Waals surface area (Å²) in [5, 5.41) is 14.4. The highest BCUT2D eigenvalue weighted by Crippen LogP contribution is 2.20. The van der Waals surface area contributed by atoms with Crippen LogP contribution in [0.15, 0.2) is 30.3 Å². The molecule has 116 valence electrons. The smallest absolute Gasteiger partial charge is 0.276 e. The summed E-state index contributed by atoms with van der Waals surface area (Å²) >= 11 is 6.04. The third-order valence-electron chi connectivity index (χ3n) is 3.02. The molecule has 1 amide bonds. The lowest BCUT2D eigenvalue weighted by Crippen LogP contribution is -2.15. The van der Waals surface area contributed by atoms with Crippen LogP contribution in [0.25, 0.3) is 0 Å². The lowest BCUT2D eigenvalue weighted by atomic mass is 10.2. The van der Waals surface area contributed by atoms with Crippen molar-refractivity contribution in [1.29, 1.82) is 0 Å². The van der Waals surface area contributed by atoms with Gasteiger partial charge in [-0.3, -0.25) is 4.79 Å². The normalized spacial score (nSPS) is 10.6. The van der Waals surface area contributed by atoms with Crippen LogP contribution in [0.3, 0.4) is 0 Å². The van der Waals surface area contributed by atoms with Gasteiger partial charge in [0, 0.05) is 17.3 Å². The first-order valence-corrected chi connectivity index (χ1v) is 7.48. The van der Waals surface area contributed by atoms with Crippen molar-refractivity contribution < 1.29 is 4.79 Å². The van der Waals surface area contributed by atoms with Gasteiger partial charge in [-0.1, -0.05) is 31.5 Å². The molecule has 0 radical (unpaired) electrons. The van der Waals surface area contributed by atoms with Crippen molar-refractivity contribution in [2.45, 2.75) is 20.8 Å². The number of nitrogens with one attached hydrogen (secondary N) is 2. The molecular weight excluding hydrogens is 300 g/mol. The topological polar surface area (TPSA) is 66.9 Å². The molecule has 0 saturated carbocycles. The molecule has 2 N–H and O–H groups in total. The number of carbonyl (C=O) groups is 1. The van der Waals surface area contributed by atoms with Gasteiger partial charge in [0.2, 0.25) is 0 Å². The Hall–Kier alpha value is -2.14. The number of rotatable bonds is 5. The number of halogens is 1. The van der Waals surface area contributed by atoms with E-state index in [0.29, 0.717) is 22.4 Å². The van der Waals surface area contributed by atoms with Crippen LogP contribution in [0, 0.1) is 12.8 Å². The summed E-state index contributed by atoms with van der Waals surface area (Å²) in [5.41, 5.74) is 1.84. The molecule has 5 nitrogen and oxygen atoms in total. The van der Waals surface area contributed by atoms with Gasteiger partial charge in [0.05, 0.1) is 0 Å². The molecule has 2 rings (SSSR count). The molecule has 6 heteroatoms. The molecule has 0 fully saturated rings. The predicted molar refractivity (Wildman–Crippen MR) is 89.5 cm³/mol. The molecule has 0 aliphatic rings. The summed E-state index contributed by atoms with van der Waals surface area (Å²) in [5.74, 6) is 0.850. The highest BCUT2D eigenvalue weighted by atomic mass is 35.5. The molecule has 2 aromatic rings. The SMILES string of the molecule is Cc1ccc(NC(=O)c2ccc(NCC(C)C)nn2)cc1Cl. The van der Waals surface area contributed by atoms with Crippen molar-refractivity contribution in [3.05, 3.63) is 46.6 Å². The van der Waals surface area contributed by atoms with Crippen molar-refractivity contribution >= 4 is 29.0 Å². The van der Waals surface area contributed by atoms with Crippen LogP contribution in [-0.4, -0.2) is 22.6 Å². The quantitative estimate of drug-likeness (QED) is 0.881. The molecule has 0 aliphatic heterocycles. The highest BCUT2D eigenvalue weighted by molar-refractivity contribution is 6.31. The number of hydrogen-bond acceptors (Lipinski definition) is 4. The summed E-state index contributed by atoms with van der Waals surface area (Å²) in [6, 6.07) is 8.74. The largest absolute Gasteiger partial charge is 0.368 e. The molecule has 1 heterocycles. The lowest BCUT2D eigenvalue weighted by molar-refractivity contribution is 0.102. The monoisotopic (exact) mass is 318 g/mol. The van der Waals surface area contributed by atoms with Gasteiger partial charge < -0.3 is 10.6 Å². The number of aryl methyl sites for hydroxylation is 1. The van der Waals surface area contributed by atoms with Gasteiger partial charge in [-0.2, -0.15) is 0 Å². The maximum atomic E-state index is 12.1. The number of carbonyl (C=O) groups excluding carboxylic acids is 1. The average Bonchev–Trinajstić information content (AvgIpc) is 2.49. The zero-order valence-electron chi connectivity index (χ0n) is 12.9. The second kappa shape index (κ2) is 7.22. The van der Waals surface area contributed by atoms with E-state index in [2.05, 4.69) is 34.7 Å². The maximum Gasteiger partial charge on any atom is 0.276 e. The van der Waals surface area contributed by atoms with Crippen molar-refractivity contribution in [3.63, 3.8) is 0 Å². The van der Waals surface area contributed by atoms with Crippen molar-refractivity contribution in [1.82, 2.24) is 10.2 Å². The van der Waals surface area contributed by atoms with E-state index < -0.39 is 0 Å². The minimum Gasteiger partial charge on any atom is -0.368 e. The molecule has 0 unspecified atom stereocenters.